The molecule has 0 bridgehead atoms. The smallest absolute Gasteiger partial charge is 0.124 e. The van der Waals surface area contributed by atoms with Gasteiger partial charge in [0.1, 0.15) is 5.75 Å². The van der Waals surface area contributed by atoms with Crippen molar-refractivity contribution >= 4 is 15.9 Å². The van der Waals surface area contributed by atoms with Crippen LogP contribution < -0.4 is 4.74 Å². The molecule has 1 aromatic rings. The standard InChI is InChI=1S/C13H17BrO2/c1-8(9-3-4-9)13(15)11-7-10(14)5-6-12(11)16-2/h5-9,13,15H,3-4H2,1-2H3. The van der Waals surface area contributed by atoms with Crippen LogP contribution in [0.15, 0.2) is 22.7 Å². The van der Waals surface area contributed by atoms with Crippen LogP contribution in [0.4, 0.5) is 0 Å². The molecule has 2 unspecified atom stereocenters. The van der Waals surface area contributed by atoms with E-state index < -0.39 is 6.10 Å². The molecule has 0 spiro atoms. The molecule has 1 aromatic carbocycles. The lowest BCUT2D eigenvalue weighted by atomic mass is 9.93. The monoisotopic (exact) mass is 284 g/mol. The van der Waals surface area contributed by atoms with E-state index in [-0.39, 0.29) is 0 Å². The fourth-order valence-corrected chi connectivity index (χ4v) is 2.48. The molecule has 1 aliphatic rings. The van der Waals surface area contributed by atoms with Gasteiger partial charge in [-0.15, -0.1) is 0 Å². The Morgan fingerprint density at radius 3 is 2.69 bits per heavy atom. The lowest BCUT2D eigenvalue weighted by Crippen LogP contribution is -2.12. The van der Waals surface area contributed by atoms with Crippen molar-refractivity contribution in [2.45, 2.75) is 25.9 Å². The number of methoxy groups -OCH3 is 1. The van der Waals surface area contributed by atoms with Crippen LogP contribution in [0.3, 0.4) is 0 Å². The van der Waals surface area contributed by atoms with Crippen LogP contribution in [-0.2, 0) is 0 Å². The Hall–Kier alpha value is -0.540. The number of aliphatic hydroxyl groups is 1. The van der Waals surface area contributed by atoms with Crippen molar-refractivity contribution < 1.29 is 9.84 Å². The zero-order chi connectivity index (χ0) is 11.7. The second-order valence-corrected chi connectivity index (χ2v) is 5.44. The number of hydrogen-bond acceptors (Lipinski definition) is 2. The maximum absolute atomic E-state index is 10.3. The third kappa shape index (κ3) is 2.41. The van der Waals surface area contributed by atoms with Gasteiger partial charge in [-0.3, -0.25) is 0 Å². The predicted octanol–water partition coefficient (Wildman–Crippen LogP) is 3.54. The molecule has 0 aliphatic heterocycles. The van der Waals surface area contributed by atoms with Crippen LogP contribution >= 0.6 is 15.9 Å². The summed E-state index contributed by atoms with van der Waals surface area (Å²) in [4.78, 5) is 0. The predicted molar refractivity (Wildman–Crippen MR) is 67.5 cm³/mol. The third-order valence-electron chi connectivity index (χ3n) is 3.37. The van der Waals surface area contributed by atoms with Crippen molar-refractivity contribution in [2.75, 3.05) is 7.11 Å². The normalized spacial score (nSPS) is 19.2. The molecule has 3 heteroatoms. The molecule has 1 N–H and O–H groups in total. The van der Waals surface area contributed by atoms with Crippen LogP contribution in [0, 0.1) is 11.8 Å². The Morgan fingerprint density at radius 1 is 1.44 bits per heavy atom. The summed E-state index contributed by atoms with van der Waals surface area (Å²) in [6.45, 7) is 2.11. The summed E-state index contributed by atoms with van der Waals surface area (Å²) in [7, 11) is 1.64. The number of ether oxygens (including phenoxy) is 1. The quantitative estimate of drug-likeness (QED) is 0.917. The number of hydrogen-bond donors (Lipinski definition) is 1. The Morgan fingerprint density at radius 2 is 2.12 bits per heavy atom. The minimum Gasteiger partial charge on any atom is -0.496 e. The maximum Gasteiger partial charge on any atom is 0.124 e. The van der Waals surface area contributed by atoms with Gasteiger partial charge in [-0.25, -0.2) is 0 Å². The van der Waals surface area contributed by atoms with E-state index in [0.717, 1.165) is 15.8 Å². The van der Waals surface area contributed by atoms with Gasteiger partial charge in [0.05, 0.1) is 13.2 Å². The zero-order valence-corrected chi connectivity index (χ0v) is 11.2. The van der Waals surface area contributed by atoms with E-state index in [0.29, 0.717) is 11.8 Å². The second kappa shape index (κ2) is 4.76. The van der Waals surface area contributed by atoms with Crippen LogP contribution in [-0.4, -0.2) is 12.2 Å². The van der Waals surface area contributed by atoms with Gasteiger partial charge in [-0.1, -0.05) is 22.9 Å². The lowest BCUT2D eigenvalue weighted by Gasteiger charge is -2.21. The number of aliphatic hydroxyl groups excluding tert-OH is 1. The molecule has 2 nitrogen and oxygen atoms in total. The first-order valence-corrected chi connectivity index (χ1v) is 6.44. The molecular formula is C13H17BrO2. The van der Waals surface area contributed by atoms with Crippen molar-refractivity contribution in [1.82, 2.24) is 0 Å². The lowest BCUT2D eigenvalue weighted by molar-refractivity contribution is 0.103. The molecule has 1 aliphatic carbocycles. The van der Waals surface area contributed by atoms with E-state index >= 15 is 0 Å². The average Bonchev–Trinajstić information content (AvgIpc) is 3.11. The van der Waals surface area contributed by atoms with Gasteiger partial charge in [0.25, 0.3) is 0 Å². The number of benzene rings is 1. The third-order valence-corrected chi connectivity index (χ3v) is 3.87. The first kappa shape index (κ1) is 11.9. The minimum atomic E-state index is -0.431. The highest BCUT2D eigenvalue weighted by atomic mass is 79.9. The summed E-state index contributed by atoms with van der Waals surface area (Å²) in [5.74, 6) is 1.75. The topological polar surface area (TPSA) is 29.5 Å². The van der Waals surface area contributed by atoms with Crippen LogP contribution in [0.1, 0.15) is 31.4 Å². The van der Waals surface area contributed by atoms with E-state index in [1.165, 1.54) is 12.8 Å². The van der Waals surface area contributed by atoms with E-state index in [9.17, 15) is 5.11 Å². The number of rotatable bonds is 4. The Bertz CT molecular complexity index is 374. The highest BCUT2D eigenvalue weighted by Crippen LogP contribution is 2.44. The Labute approximate surface area is 105 Å². The first-order chi connectivity index (χ1) is 7.63. The van der Waals surface area contributed by atoms with Gasteiger partial charge in [0, 0.05) is 10.0 Å². The van der Waals surface area contributed by atoms with Crippen LogP contribution in [0.5, 0.6) is 5.75 Å². The summed E-state index contributed by atoms with van der Waals surface area (Å²) < 4.78 is 6.27. The molecule has 88 valence electrons. The Balaban J connectivity index is 2.26. The van der Waals surface area contributed by atoms with Gasteiger partial charge in [0.2, 0.25) is 0 Å². The van der Waals surface area contributed by atoms with Gasteiger partial charge in [0.15, 0.2) is 0 Å². The van der Waals surface area contributed by atoms with E-state index in [1.54, 1.807) is 7.11 Å². The molecule has 0 saturated heterocycles. The summed E-state index contributed by atoms with van der Waals surface area (Å²) in [6.07, 6.45) is 2.06. The molecule has 1 saturated carbocycles. The van der Waals surface area contributed by atoms with Gasteiger partial charge >= 0.3 is 0 Å². The van der Waals surface area contributed by atoms with Gasteiger partial charge in [-0.2, -0.15) is 0 Å². The molecule has 2 atom stereocenters. The van der Waals surface area contributed by atoms with E-state index in [2.05, 4.69) is 22.9 Å². The summed E-state index contributed by atoms with van der Waals surface area (Å²) in [5, 5.41) is 10.3. The largest absolute Gasteiger partial charge is 0.496 e. The van der Waals surface area contributed by atoms with Gasteiger partial charge in [-0.05, 0) is 42.9 Å². The zero-order valence-electron chi connectivity index (χ0n) is 9.61. The first-order valence-electron chi connectivity index (χ1n) is 5.65. The summed E-state index contributed by atoms with van der Waals surface area (Å²) in [5.41, 5.74) is 0.885. The second-order valence-electron chi connectivity index (χ2n) is 4.53. The molecule has 16 heavy (non-hydrogen) atoms. The maximum atomic E-state index is 10.3. The SMILES string of the molecule is COc1ccc(Br)cc1C(O)C(C)C1CC1. The van der Waals surface area contributed by atoms with Crippen molar-refractivity contribution in [3.8, 4) is 5.75 Å². The fraction of sp³-hybridized carbons (Fsp3) is 0.538. The molecule has 1 fully saturated rings. The van der Waals surface area contributed by atoms with Crippen molar-refractivity contribution in [3.63, 3.8) is 0 Å². The van der Waals surface area contributed by atoms with E-state index in [4.69, 9.17) is 4.74 Å². The van der Waals surface area contributed by atoms with Crippen molar-refractivity contribution in [2.24, 2.45) is 11.8 Å². The van der Waals surface area contributed by atoms with E-state index in [1.807, 2.05) is 18.2 Å². The fourth-order valence-electron chi connectivity index (χ4n) is 2.10. The molecule has 0 heterocycles. The van der Waals surface area contributed by atoms with Crippen LogP contribution in [0.2, 0.25) is 0 Å². The summed E-state index contributed by atoms with van der Waals surface area (Å²) in [6, 6.07) is 5.77. The van der Waals surface area contributed by atoms with Crippen molar-refractivity contribution in [1.29, 1.82) is 0 Å². The highest BCUT2D eigenvalue weighted by molar-refractivity contribution is 9.10. The molecular weight excluding hydrogens is 268 g/mol. The number of halogens is 1. The molecule has 2 rings (SSSR count). The molecule has 0 aromatic heterocycles. The Kier molecular flexibility index (Phi) is 3.55. The summed E-state index contributed by atoms with van der Waals surface area (Å²) >= 11 is 3.43. The van der Waals surface area contributed by atoms with Gasteiger partial charge < -0.3 is 9.84 Å². The average molecular weight is 285 g/mol. The minimum absolute atomic E-state index is 0.309. The van der Waals surface area contributed by atoms with Crippen LogP contribution in [0.25, 0.3) is 0 Å². The molecule has 0 radical (unpaired) electrons. The molecule has 0 amide bonds. The highest BCUT2D eigenvalue weighted by Gasteiger charge is 2.34. The van der Waals surface area contributed by atoms with Crippen molar-refractivity contribution in [3.05, 3.63) is 28.2 Å².